The van der Waals surface area contributed by atoms with Crippen LogP contribution in [-0.2, 0) is 19.6 Å². The van der Waals surface area contributed by atoms with Gasteiger partial charge in [-0.2, -0.15) is 4.31 Å². The van der Waals surface area contributed by atoms with Crippen molar-refractivity contribution in [2.75, 3.05) is 38.2 Å². The van der Waals surface area contributed by atoms with Gasteiger partial charge in [0.1, 0.15) is 0 Å². The molecule has 2 N–H and O–H groups in total. The first-order valence-electron chi connectivity index (χ1n) is 11.0. The Labute approximate surface area is 204 Å². The van der Waals surface area contributed by atoms with E-state index in [4.69, 9.17) is 16.3 Å². The molecule has 0 saturated carbocycles. The summed E-state index contributed by atoms with van der Waals surface area (Å²) in [5, 5.41) is 5.63. The lowest BCUT2D eigenvalue weighted by Gasteiger charge is -2.26. The largest absolute Gasteiger partial charge is 0.379 e. The smallest absolute Gasteiger partial charge is 0.319 e. The summed E-state index contributed by atoms with van der Waals surface area (Å²) in [7, 11) is -3.74. The number of carbonyl (C=O) groups is 2. The van der Waals surface area contributed by atoms with Crippen molar-refractivity contribution >= 4 is 39.2 Å². The Morgan fingerprint density at radius 2 is 1.85 bits per heavy atom. The first-order valence-corrected chi connectivity index (χ1v) is 12.9. The van der Waals surface area contributed by atoms with E-state index in [2.05, 4.69) is 10.6 Å². The van der Waals surface area contributed by atoms with Crippen molar-refractivity contribution in [2.24, 2.45) is 0 Å². The Hall–Kier alpha value is -2.66. The van der Waals surface area contributed by atoms with Crippen LogP contribution in [0, 0.1) is 0 Å². The van der Waals surface area contributed by atoms with Gasteiger partial charge in [0.15, 0.2) is 0 Å². The van der Waals surface area contributed by atoms with E-state index < -0.39 is 16.1 Å². The van der Waals surface area contributed by atoms with Crippen LogP contribution in [0.3, 0.4) is 0 Å². The van der Waals surface area contributed by atoms with E-state index in [1.165, 1.54) is 22.5 Å². The molecule has 2 fully saturated rings. The van der Waals surface area contributed by atoms with Gasteiger partial charge >= 0.3 is 6.03 Å². The van der Waals surface area contributed by atoms with Gasteiger partial charge in [0.25, 0.3) is 0 Å². The molecule has 4 rings (SSSR count). The maximum atomic E-state index is 12.9. The first-order chi connectivity index (χ1) is 16.3. The average molecular weight is 507 g/mol. The number of rotatable bonds is 6. The molecule has 0 radical (unpaired) electrons. The van der Waals surface area contributed by atoms with Crippen LogP contribution >= 0.6 is 11.6 Å². The SMILES string of the molecule is CC(c1ccccc1)N1CC(NC(=O)Nc2cc(S(=O)(=O)N3CCOCC3)ccc2Cl)CC1=O. The number of halogens is 1. The monoisotopic (exact) mass is 506 g/mol. The Balaban J connectivity index is 1.40. The molecule has 0 bridgehead atoms. The van der Waals surface area contributed by atoms with Gasteiger partial charge in [-0.1, -0.05) is 41.9 Å². The van der Waals surface area contributed by atoms with E-state index in [0.717, 1.165) is 5.56 Å². The highest BCUT2D eigenvalue weighted by Gasteiger charge is 2.34. The van der Waals surface area contributed by atoms with Gasteiger partial charge < -0.3 is 20.3 Å². The van der Waals surface area contributed by atoms with E-state index in [1.54, 1.807) is 4.90 Å². The Bertz CT molecular complexity index is 1160. The van der Waals surface area contributed by atoms with E-state index in [9.17, 15) is 18.0 Å². The van der Waals surface area contributed by atoms with Crippen LogP contribution in [0.15, 0.2) is 53.4 Å². The molecule has 2 saturated heterocycles. The summed E-state index contributed by atoms with van der Waals surface area (Å²) in [6.45, 7) is 3.53. The standard InChI is InChI=1S/C23H27ClN4O5S/c1-16(17-5-3-2-4-6-17)28-15-18(13-22(28)29)25-23(30)26-21-14-19(7-8-20(21)24)34(31,32)27-9-11-33-12-10-27/h2-8,14,16,18H,9-13,15H2,1H3,(H2,25,26,30). The van der Waals surface area contributed by atoms with E-state index >= 15 is 0 Å². The topological polar surface area (TPSA) is 108 Å². The molecule has 0 spiro atoms. The molecule has 0 aromatic heterocycles. The quantitative estimate of drug-likeness (QED) is 0.626. The zero-order chi connectivity index (χ0) is 24.3. The third-order valence-electron chi connectivity index (χ3n) is 6.04. The fourth-order valence-electron chi connectivity index (χ4n) is 4.15. The van der Waals surface area contributed by atoms with Crippen LogP contribution in [0.2, 0.25) is 5.02 Å². The van der Waals surface area contributed by atoms with Crippen LogP contribution in [0.1, 0.15) is 24.9 Å². The number of ether oxygens (including phenoxy) is 1. The van der Waals surface area contributed by atoms with Crippen molar-refractivity contribution < 1.29 is 22.7 Å². The molecule has 2 unspecified atom stereocenters. The Morgan fingerprint density at radius 1 is 1.15 bits per heavy atom. The zero-order valence-corrected chi connectivity index (χ0v) is 20.3. The normalized spacial score (nSPS) is 20.2. The van der Waals surface area contributed by atoms with Crippen LogP contribution in [0.5, 0.6) is 0 Å². The summed E-state index contributed by atoms with van der Waals surface area (Å²) >= 11 is 6.22. The van der Waals surface area contributed by atoms with Crippen molar-refractivity contribution in [3.8, 4) is 0 Å². The van der Waals surface area contributed by atoms with Gasteiger partial charge in [-0.05, 0) is 30.7 Å². The molecule has 182 valence electrons. The number of morpholine rings is 1. The lowest BCUT2D eigenvalue weighted by atomic mass is 10.1. The van der Waals surface area contributed by atoms with E-state index in [-0.39, 0.29) is 53.1 Å². The summed E-state index contributed by atoms with van der Waals surface area (Å²) in [6.07, 6.45) is 0.184. The lowest BCUT2D eigenvalue weighted by Crippen LogP contribution is -2.41. The second-order valence-electron chi connectivity index (χ2n) is 8.29. The van der Waals surface area contributed by atoms with Gasteiger partial charge in [-0.3, -0.25) is 4.79 Å². The summed E-state index contributed by atoms with van der Waals surface area (Å²) in [5.74, 6) is -0.0433. The molecule has 2 heterocycles. The van der Waals surface area contributed by atoms with Crippen molar-refractivity contribution in [1.82, 2.24) is 14.5 Å². The summed E-state index contributed by atoms with van der Waals surface area (Å²) in [5.41, 5.74) is 1.19. The van der Waals surface area contributed by atoms with Crippen LogP contribution in [0.25, 0.3) is 0 Å². The Morgan fingerprint density at radius 3 is 2.56 bits per heavy atom. The lowest BCUT2D eigenvalue weighted by molar-refractivity contribution is -0.129. The second-order valence-corrected chi connectivity index (χ2v) is 10.6. The van der Waals surface area contributed by atoms with Crippen LogP contribution < -0.4 is 10.6 Å². The third kappa shape index (κ3) is 5.35. The number of likely N-dealkylation sites (tertiary alicyclic amines) is 1. The third-order valence-corrected chi connectivity index (χ3v) is 8.26. The number of benzene rings is 2. The first kappa shape index (κ1) is 24.5. The number of hydrogen-bond acceptors (Lipinski definition) is 5. The predicted molar refractivity (Wildman–Crippen MR) is 128 cm³/mol. The maximum absolute atomic E-state index is 12.9. The fraction of sp³-hybridized carbons (Fsp3) is 0.391. The van der Waals surface area contributed by atoms with E-state index in [1.807, 2.05) is 37.3 Å². The molecule has 2 aromatic carbocycles. The fourth-order valence-corrected chi connectivity index (χ4v) is 5.75. The van der Waals surface area contributed by atoms with Crippen molar-refractivity contribution in [1.29, 1.82) is 0 Å². The maximum Gasteiger partial charge on any atom is 0.319 e. The van der Waals surface area contributed by atoms with Crippen molar-refractivity contribution in [3.63, 3.8) is 0 Å². The van der Waals surface area contributed by atoms with Gasteiger partial charge in [0.2, 0.25) is 15.9 Å². The highest BCUT2D eigenvalue weighted by molar-refractivity contribution is 7.89. The second kappa shape index (κ2) is 10.3. The minimum Gasteiger partial charge on any atom is -0.379 e. The summed E-state index contributed by atoms with van der Waals surface area (Å²) in [6, 6.07) is 12.8. The van der Waals surface area contributed by atoms with Crippen LogP contribution in [0.4, 0.5) is 10.5 Å². The minimum absolute atomic E-state index is 0.0352. The number of nitrogens with one attached hydrogen (secondary N) is 2. The molecule has 3 amide bonds. The highest BCUT2D eigenvalue weighted by atomic mass is 35.5. The molecular weight excluding hydrogens is 480 g/mol. The van der Waals surface area contributed by atoms with Crippen LogP contribution in [-0.4, -0.2) is 68.5 Å². The molecule has 2 atom stereocenters. The molecule has 34 heavy (non-hydrogen) atoms. The highest BCUT2D eigenvalue weighted by Crippen LogP contribution is 2.28. The number of carbonyl (C=O) groups excluding carboxylic acids is 2. The van der Waals surface area contributed by atoms with Gasteiger partial charge in [-0.25, -0.2) is 13.2 Å². The minimum atomic E-state index is -3.74. The number of urea groups is 1. The number of nitrogens with zero attached hydrogens (tertiary/aromatic N) is 2. The summed E-state index contributed by atoms with van der Waals surface area (Å²) in [4.78, 5) is 27.0. The average Bonchev–Trinajstić information content (AvgIpc) is 3.20. The molecular formula is C23H27ClN4O5S. The molecule has 0 aliphatic carbocycles. The molecule has 9 nitrogen and oxygen atoms in total. The van der Waals surface area contributed by atoms with E-state index in [0.29, 0.717) is 19.8 Å². The summed E-state index contributed by atoms with van der Waals surface area (Å²) < 4.78 is 32.4. The van der Waals surface area contributed by atoms with Gasteiger partial charge in [0.05, 0.1) is 40.9 Å². The number of anilines is 1. The Kier molecular flexibility index (Phi) is 7.42. The number of hydrogen-bond donors (Lipinski definition) is 2. The van der Waals surface area contributed by atoms with Gasteiger partial charge in [0, 0.05) is 26.1 Å². The number of sulfonamides is 1. The van der Waals surface area contributed by atoms with Crippen molar-refractivity contribution in [3.05, 3.63) is 59.1 Å². The van der Waals surface area contributed by atoms with Crippen molar-refractivity contribution in [2.45, 2.75) is 30.3 Å². The molecule has 2 aromatic rings. The zero-order valence-electron chi connectivity index (χ0n) is 18.7. The van der Waals surface area contributed by atoms with Gasteiger partial charge in [-0.15, -0.1) is 0 Å². The number of amides is 3. The molecule has 11 heteroatoms. The predicted octanol–water partition coefficient (Wildman–Crippen LogP) is 2.84. The molecule has 2 aliphatic heterocycles. The molecule has 2 aliphatic rings.